The number of fused-ring (bicyclic) bond motifs is 17. The molecule has 0 amide bonds. The number of nitrogens with zero attached hydrogens (tertiary/aromatic N) is 3. The van der Waals surface area contributed by atoms with Gasteiger partial charge in [0.1, 0.15) is 11.3 Å². The van der Waals surface area contributed by atoms with Gasteiger partial charge < -0.3 is 0 Å². The first-order chi connectivity index (χ1) is 22.4. The summed E-state index contributed by atoms with van der Waals surface area (Å²) in [6.07, 6.45) is 0. The Kier molecular flexibility index (Phi) is 3.41. The summed E-state index contributed by atoms with van der Waals surface area (Å²) in [5, 5.41) is 2.69. The second-order valence-electron chi connectivity index (χ2n) is 13.2. The van der Waals surface area contributed by atoms with Gasteiger partial charge in [-0.1, -0.05) is 108 Å². The highest BCUT2D eigenvalue weighted by Gasteiger charge is 2.50. The third kappa shape index (κ3) is 2.15. The van der Waals surface area contributed by atoms with Gasteiger partial charge in [0, 0.05) is 5.69 Å². The number of aromatic nitrogens is 3. The maximum absolute atomic E-state index is 2.70. The fraction of sp³-hybridized carbons (Fsp3) is 0. The molecule has 3 aromatic heterocycles. The fourth-order valence-corrected chi connectivity index (χ4v) is 10.0. The Morgan fingerprint density at radius 2 is 0.800 bits per heavy atom. The van der Waals surface area contributed by atoms with Gasteiger partial charge in [0.05, 0.1) is 22.1 Å². The summed E-state index contributed by atoms with van der Waals surface area (Å²) in [4.78, 5) is 0. The summed E-state index contributed by atoms with van der Waals surface area (Å²) >= 11 is 0. The van der Waals surface area contributed by atoms with Gasteiger partial charge in [-0.25, -0.2) is 0 Å². The minimum atomic E-state index is 0.183. The van der Waals surface area contributed by atoms with E-state index < -0.39 is 0 Å². The molecule has 0 atom stereocenters. The van der Waals surface area contributed by atoms with Gasteiger partial charge in [-0.05, 0) is 85.2 Å². The zero-order valence-electron chi connectivity index (χ0n) is 24.1. The number of hydrogen-bond donors (Lipinski definition) is 0. The summed E-state index contributed by atoms with van der Waals surface area (Å²) in [5.41, 5.74) is 23.3. The van der Waals surface area contributed by atoms with Crippen molar-refractivity contribution >= 4 is 90.3 Å². The van der Waals surface area contributed by atoms with Crippen molar-refractivity contribution in [2.45, 2.75) is 0 Å². The summed E-state index contributed by atoms with van der Waals surface area (Å²) < 4.78 is 7.86. The van der Waals surface area contributed by atoms with Gasteiger partial charge in [0.2, 0.25) is 0 Å². The Balaban J connectivity index is 1.46. The fourth-order valence-electron chi connectivity index (χ4n) is 10.0. The molecule has 0 saturated carbocycles. The van der Waals surface area contributed by atoms with E-state index in [1.54, 1.807) is 0 Å². The summed E-state index contributed by atoms with van der Waals surface area (Å²) in [6.45, 7) is 0.366. The van der Waals surface area contributed by atoms with Crippen molar-refractivity contribution in [1.29, 1.82) is 0 Å². The Labute approximate surface area is 258 Å². The lowest BCUT2D eigenvalue weighted by molar-refractivity contribution is 1.09. The van der Waals surface area contributed by atoms with Gasteiger partial charge in [-0.15, -0.1) is 0 Å². The van der Waals surface area contributed by atoms with Crippen LogP contribution in [-0.2, 0) is 0 Å². The maximum atomic E-state index is 2.70. The maximum Gasteiger partial charge on any atom is 0.251 e. The van der Waals surface area contributed by atoms with Gasteiger partial charge in [0.25, 0.3) is 13.4 Å². The first-order valence-electron chi connectivity index (χ1n) is 16.0. The van der Waals surface area contributed by atoms with E-state index in [0.717, 1.165) is 0 Å². The zero-order chi connectivity index (χ0) is 28.7. The highest BCUT2D eigenvalue weighted by Crippen LogP contribution is 2.41. The molecule has 7 heterocycles. The number of para-hydroxylation sites is 4. The monoisotopic (exact) mass is 565 g/mol. The molecule has 0 aliphatic carbocycles. The van der Waals surface area contributed by atoms with Crippen LogP contribution in [0.2, 0.25) is 0 Å². The highest BCUT2D eigenvalue weighted by molar-refractivity contribution is 7.06. The molecule has 202 valence electrons. The lowest BCUT2D eigenvalue weighted by atomic mass is 9.33. The minimum absolute atomic E-state index is 0.183. The molecule has 5 heteroatoms. The first-order valence-corrected chi connectivity index (χ1v) is 16.0. The molecule has 3 nitrogen and oxygen atoms in total. The van der Waals surface area contributed by atoms with Gasteiger partial charge in [-0.2, -0.15) is 0 Å². The number of benzene rings is 6. The molecule has 9 aromatic rings. The second kappa shape index (κ2) is 7.00. The molecule has 4 aliphatic rings. The lowest BCUT2D eigenvalue weighted by Crippen LogP contribution is -2.60. The van der Waals surface area contributed by atoms with Crippen LogP contribution in [0.4, 0.5) is 0 Å². The lowest BCUT2D eigenvalue weighted by Gasteiger charge is -2.31. The Bertz CT molecular complexity index is 2760. The van der Waals surface area contributed by atoms with E-state index in [1.807, 2.05) is 0 Å². The largest absolute Gasteiger partial charge is 0.294 e. The highest BCUT2D eigenvalue weighted by atomic mass is 15.2. The Hall–Kier alpha value is -5.67. The van der Waals surface area contributed by atoms with Crippen LogP contribution in [0.15, 0.2) is 127 Å². The van der Waals surface area contributed by atoms with E-state index in [9.17, 15) is 0 Å². The standard InChI is InChI=1S/C40H21B2N3/c1-5-15-28-22(11-1)26-21-27-23-12-2-6-16-29(23)42-35(27)38-34(26)41(28)36-24-13-3-7-17-30(24)43-32-19-9-10-20-33(32)44-31-18-8-4-14-25(31)37(42)40(44)45(38)39(36)43/h1-21H. The minimum Gasteiger partial charge on any atom is -0.294 e. The van der Waals surface area contributed by atoms with Crippen LogP contribution in [-0.4, -0.2) is 26.8 Å². The van der Waals surface area contributed by atoms with E-state index in [2.05, 4.69) is 141 Å². The molecular weight excluding hydrogens is 544 g/mol. The van der Waals surface area contributed by atoms with Crippen LogP contribution in [0.3, 0.4) is 0 Å². The second-order valence-corrected chi connectivity index (χ2v) is 13.2. The third-order valence-corrected chi connectivity index (χ3v) is 11.4. The number of hydrogen-bond acceptors (Lipinski definition) is 0. The molecule has 0 N–H and O–H groups in total. The molecule has 6 aromatic carbocycles. The van der Waals surface area contributed by atoms with Gasteiger partial charge in [0.15, 0.2) is 0 Å². The molecule has 0 radical (unpaired) electrons. The van der Waals surface area contributed by atoms with Crippen LogP contribution >= 0.6 is 0 Å². The predicted molar refractivity (Wildman–Crippen MR) is 189 cm³/mol. The third-order valence-electron chi connectivity index (χ3n) is 11.4. The number of rotatable bonds is 0. The van der Waals surface area contributed by atoms with Crippen LogP contribution in [0.1, 0.15) is 0 Å². The van der Waals surface area contributed by atoms with E-state index in [0.29, 0.717) is 0 Å². The Morgan fingerprint density at radius 1 is 0.378 bits per heavy atom. The van der Waals surface area contributed by atoms with Crippen LogP contribution in [0.5, 0.6) is 0 Å². The molecular formula is C40H21B2N3. The topological polar surface area (TPSA) is 13.8 Å². The SMILES string of the molecule is c1ccc2c(c1)B1c3c-2cc2c4c3-n3c5c1c1ccccc1n5c1ccccc1n1c5ccccc5c(c31)B4c1ccccc1-2. The van der Waals surface area contributed by atoms with Crippen molar-refractivity contribution in [1.82, 2.24) is 13.4 Å². The van der Waals surface area contributed by atoms with E-state index >= 15 is 0 Å². The molecule has 0 bridgehead atoms. The van der Waals surface area contributed by atoms with E-state index in [1.165, 1.54) is 105 Å². The van der Waals surface area contributed by atoms with Crippen molar-refractivity contribution in [3.05, 3.63) is 127 Å². The normalized spacial score (nSPS) is 14.1. The van der Waals surface area contributed by atoms with Crippen molar-refractivity contribution in [3.8, 4) is 27.9 Å². The van der Waals surface area contributed by atoms with E-state index in [4.69, 9.17) is 0 Å². The predicted octanol–water partition coefficient (Wildman–Crippen LogP) is 4.62. The molecule has 45 heavy (non-hydrogen) atoms. The Morgan fingerprint density at radius 3 is 1.31 bits per heavy atom. The van der Waals surface area contributed by atoms with Crippen molar-refractivity contribution in [3.63, 3.8) is 0 Å². The van der Waals surface area contributed by atoms with Gasteiger partial charge >= 0.3 is 0 Å². The molecule has 0 spiro atoms. The average molecular weight is 565 g/mol. The molecule has 0 unspecified atom stereocenters. The zero-order valence-corrected chi connectivity index (χ0v) is 24.1. The van der Waals surface area contributed by atoms with Crippen LogP contribution < -0.4 is 32.8 Å². The molecule has 4 aliphatic heterocycles. The quantitative estimate of drug-likeness (QED) is 0.239. The summed E-state index contributed by atoms with van der Waals surface area (Å²) in [5.74, 6) is 0. The van der Waals surface area contributed by atoms with Crippen molar-refractivity contribution < 1.29 is 0 Å². The van der Waals surface area contributed by atoms with Crippen molar-refractivity contribution in [2.75, 3.05) is 0 Å². The first kappa shape index (κ1) is 21.9. The van der Waals surface area contributed by atoms with Crippen LogP contribution in [0, 0.1) is 0 Å². The van der Waals surface area contributed by atoms with Crippen molar-refractivity contribution in [2.24, 2.45) is 0 Å². The summed E-state index contributed by atoms with van der Waals surface area (Å²) in [6, 6.07) is 48.2. The summed E-state index contributed by atoms with van der Waals surface area (Å²) in [7, 11) is 0. The molecule has 13 rings (SSSR count). The average Bonchev–Trinajstić information content (AvgIpc) is 3.79. The molecule has 0 fully saturated rings. The smallest absolute Gasteiger partial charge is 0.251 e. The molecule has 0 saturated heterocycles. The van der Waals surface area contributed by atoms with Gasteiger partial charge in [-0.3, -0.25) is 13.4 Å². The van der Waals surface area contributed by atoms with E-state index in [-0.39, 0.29) is 13.4 Å². The van der Waals surface area contributed by atoms with Crippen LogP contribution in [0.25, 0.3) is 72.1 Å².